The van der Waals surface area contributed by atoms with Crippen molar-refractivity contribution in [3.8, 4) is 0 Å². The van der Waals surface area contributed by atoms with Gasteiger partial charge in [0.15, 0.2) is 5.96 Å². The highest BCUT2D eigenvalue weighted by Crippen LogP contribution is 2.12. The summed E-state index contributed by atoms with van der Waals surface area (Å²) in [5.74, 6) is 0.886. The second-order valence-corrected chi connectivity index (χ2v) is 6.67. The number of hydrogen-bond acceptors (Lipinski definition) is 4. The van der Waals surface area contributed by atoms with E-state index in [9.17, 15) is 0 Å². The first-order chi connectivity index (χ1) is 12.0. The van der Waals surface area contributed by atoms with Crippen LogP contribution in [-0.2, 0) is 13.6 Å². The van der Waals surface area contributed by atoms with Crippen molar-refractivity contribution in [1.82, 2.24) is 30.2 Å². The number of rotatable bonds is 7. The monoisotopic (exact) mass is 477 g/mol. The van der Waals surface area contributed by atoms with Gasteiger partial charge in [-0.2, -0.15) is 5.10 Å². The van der Waals surface area contributed by atoms with Gasteiger partial charge in [0.05, 0.1) is 12.2 Å². The summed E-state index contributed by atoms with van der Waals surface area (Å²) >= 11 is 0. The number of piperazine rings is 1. The molecule has 0 amide bonds. The molecule has 0 bridgehead atoms. The number of hydrogen-bond donors (Lipinski definition) is 2. The molecule has 7 nitrogen and oxygen atoms in total. The quantitative estimate of drug-likeness (QED) is 0.353. The molecule has 0 saturated carbocycles. The van der Waals surface area contributed by atoms with Gasteiger partial charge in [0, 0.05) is 64.1 Å². The van der Waals surface area contributed by atoms with E-state index >= 15 is 0 Å². The Kier molecular flexibility index (Phi) is 10.5. The molecule has 0 aromatic carbocycles. The Labute approximate surface area is 175 Å². The van der Waals surface area contributed by atoms with E-state index in [0.717, 1.165) is 50.9 Å². The zero-order chi connectivity index (χ0) is 18.2. The fourth-order valence-corrected chi connectivity index (χ4v) is 3.21. The summed E-state index contributed by atoms with van der Waals surface area (Å²) in [4.78, 5) is 9.77. The topological polar surface area (TPSA) is 60.7 Å². The molecule has 0 radical (unpaired) electrons. The van der Waals surface area contributed by atoms with Crippen LogP contribution in [0.3, 0.4) is 0 Å². The molecule has 1 aromatic heterocycles. The Bertz CT molecular complexity index is 562. The Morgan fingerprint density at radius 3 is 2.27 bits per heavy atom. The molecule has 0 unspecified atom stereocenters. The highest BCUT2D eigenvalue weighted by molar-refractivity contribution is 14.0. The molecule has 8 heteroatoms. The van der Waals surface area contributed by atoms with E-state index in [0.29, 0.717) is 6.54 Å². The third-order valence-corrected chi connectivity index (χ3v) is 5.03. The third-order valence-electron chi connectivity index (χ3n) is 5.03. The molecule has 1 fully saturated rings. The number of aromatic nitrogens is 2. The van der Waals surface area contributed by atoms with Gasteiger partial charge < -0.3 is 15.5 Å². The lowest BCUT2D eigenvalue weighted by Gasteiger charge is -2.34. The lowest BCUT2D eigenvalue weighted by molar-refractivity contribution is 0.139. The number of aliphatic imine (C=N–C) groups is 1. The number of likely N-dealkylation sites (N-methyl/N-ethyl adjacent to an activating group) is 1. The highest BCUT2D eigenvalue weighted by atomic mass is 127. The Hall–Kier alpha value is -0.870. The average molecular weight is 477 g/mol. The molecule has 2 heterocycles. The van der Waals surface area contributed by atoms with E-state index in [2.05, 4.69) is 46.3 Å². The lowest BCUT2D eigenvalue weighted by Crippen LogP contribution is -2.49. The molecule has 0 atom stereocenters. The summed E-state index contributed by atoms with van der Waals surface area (Å²) in [6.07, 6.45) is 0. The van der Waals surface area contributed by atoms with Gasteiger partial charge in [-0.25, -0.2) is 4.99 Å². The van der Waals surface area contributed by atoms with E-state index in [1.54, 1.807) is 0 Å². The highest BCUT2D eigenvalue weighted by Gasteiger charge is 2.15. The molecule has 0 aliphatic carbocycles. The van der Waals surface area contributed by atoms with Crippen LogP contribution in [0.15, 0.2) is 4.99 Å². The van der Waals surface area contributed by atoms with E-state index < -0.39 is 0 Å². The second kappa shape index (κ2) is 11.8. The van der Waals surface area contributed by atoms with Crippen molar-refractivity contribution in [2.45, 2.75) is 34.2 Å². The molecule has 2 N–H and O–H groups in total. The molecule has 1 aliphatic heterocycles. The van der Waals surface area contributed by atoms with Crippen molar-refractivity contribution < 1.29 is 0 Å². The normalized spacial score (nSPS) is 16.4. The molecule has 0 spiro atoms. The summed E-state index contributed by atoms with van der Waals surface area (Å²) in [6, 6.07) is 0. The number of nitrogens with one attached hydrogen (secondary N) is 2. The van der Waals surface area contributed by atoms with Gasteiger partial charge in [0.1, 0.15) is 0 Å². The number of guanidine groups is 1. The molecule has 150 valence electrons. The van der Waals surface area contributed by atoms with Crippen molar-refractivity contribution in [3.63, 3.8) is 0 Å². The van der Waals surface area contributed by atoms with Gasteiger partial charge >= 0.3 is 0 Å². The molecule has 1 saturated heterocycles. The van der Waals surface area contributed by atoms with Crippen LogP contribution in [-0.4, -0.2) is 77.9 Å². The summed E-state index contributed by atoms with van der Waals surface area (Å²) < 4.78 is 1.93. The molecule has 26 heavy (non-hydrogen) atoms. The third kappa shape index (κ3) is 6.70. The number of nitrogens with zero attached hydrogens (tertiary/aromatic N) is 5. The van der Waals surface area contributed by atoms with Crippen molar-refractivity contribution in [1.29, 1.82) is 0 Å². The zero-order valence-electron chi connectivity index (χ0n) is 17.0. The smallest absolute Gasteiger partial charge is 0.191 e. The maximum atomic E-state index is 4.74. The Balaban J connectivity index is 0.00000338. The van der Waals surface area contributed by atoms with Gasteiger partial charge in [-0.3, -0.25) is 9.58 Å². The molecular weight excluding hydrogens is 441 g/mol. The molecule has 1 aliphatic rings. The molecule has 1 aromatic rings. The van der Waals surface area contributed by atoms with Crippen LogP contribution >= 0.6 is 24.0 Å². The van der Waals surface area contributed by atoms with Gasteiger partial charge in [-0.15, -0.1) is 24.0 Å². The summed E-state index contributed by atoms with van der Waals surface area (Å²) in [7, 11) is 1.98. The maximum Gasteiger partial charge on any atom is 0.191 e. The van der Waals surface area contributed by atoms with E-state index in [1.165, 1.54) is 24.3 Å². The van der Waals surface area contributed by atoms with E-state index in [1.807, 2.05) is 18.7 Å². The number of halogens is 1. The van der Waals surface area contributed by atoms with Crippen LogP contribution in [0.1, 0.15) is 30.8 Å². The minimum Gasteiger partial charge on any atom is -0.357 e. The minimum absolute atomic E-state index is 0. The SMILES string of the molecule is CCNC(=NCc1c(C)nn(C)c1C)NCCN1CCN(CC)CC1.I. The first-order valence-electron chi connectivity index (χ1n) is 9.51. The molecular formula is C18H36IN7. The van der Waals surface area contributed by atoms with Crippen LogP contribution < -0.4 is 10.6 Å². The van der Waals surface area contributed by atoms with Crippen LogP contribution in [0, 0.1) is 13.8 Å². The first kappa shape index (κ1) is 23.2. The summed E-state index contributed by atoms with van der Waals surface area (Å²) in [5.41, 5.74) is 3.47. The van der Waals surface area contributed by atoms with Crippen molar-refractivity contribution in [2.24, 2.45) is 12.0 Å². The fourth-order valence-electron chi connectivity index (χ4n) is 3.21. The predicted octanol–water partition coefficient (Wildman–Crippen LogP) is 1.35. The Morgan fingerprint density at radius 2 is 1.73 bits per heavy atom. The first-order valence-corrected chi connectivity index (χ1v) is 9.51. The lowest BCUT2D eigenvalue weighted by atomic mass is 10.2. The average Bonchev–Trinajstić information content (AvgIpc) is 2.85. The van der Waals surface area contributed by atoms with Crippen LogP contribution in [0.2, 0.25) is 0 Å². The number of aryl methyl sites for hydroxylation is 2. The van der Waals surface area contributed by atoms with Crippen LogP contribution in [0.5, 0.6) is 0 Å². The minimum atomic E-state index is 0. The van der Waals surface area contributed by atoms with Gasteiger partial charge in [-0.05, 0) is 27.3 Å². The zero-order valence-corrected chi connectivity index (χ0v) is 19.3. The van der Waals surface area contributed by atoms with Gasteiger partial charge in [-0.1, -0.05) is 6.92 Å². The van der Waals surface area contributed by atoms with Crippen molar-refractivity contribution >= 4 is 29.9 Å². The van der Waals surface area contributed by atoms with Crippen LogP contribution in [0.25, 0.3) is 0 Å². The predicted molar refractivity (Wildman–Crippen MR) is 119 cm³/mol. The second-order valence-electron chi connectivity index (χ2n) is 6.67. The van der Waals surface area contributed by atoms with E-state index in [4.69, 9.17) is 4.99 Å². The summed E-state index contributed by atoms with van der Waals surface area (Å²) in [6.45, 7) is 17.9. The van der Waals surface area contributed by atoms with Crippen molar-refractivity contribution in [3.05, 3.63) is 17.0 Å². The van der Waals surface area contributed by atoms with Gasteiger partial charge in [0.2, 0.25) is 0 Å². The van der Waals surface area contributed by atoms with Gasteiger partial charge in [0.25, 0.3) is 0 Å². The Morgan fingerprint density at radius 1 is 1.08 bits per heavy atom. The summed E-state index contributed by atoms with van der Waals surface area (Å²) in [5, 5.41) is 11.3. The van der Waals surface area contributed by atoms with E-state index in [-0.39, 0.29) is 24.0 Å². The molecule has 2 rings (SSSR count). The fraction of sp³-hybridized carbons (Fsp3) is 0.778. The largest absolute Gasteiger partial charge is 0.357 e. The standard InChI is InChI=1S/C18H35N7.HI/c1-6-19-18(21-14-17-15(3)22-23(5)16(17)4)20-8-9-25-12-10-24(7-2)11-13-25;/h6-14H2,1-5H3,(H2,19,20,21);1H. The van der Waals surface area contributed by atoms with Crippen molar-refractivity contribution in [2.75, 3.05) is 52.4 Å². The maximum absolute atomic E-state index is 4.74. The van der Waals surface area contributed by atoms with Crippen LogP contribution in [0.4, 0.5) is 0 Å².